The van der Waals surface area contributed by atoms with Crippen LogP contribution in [0.3, 0.4) is 0 Å². The molecule has 0 N–H and O–H groups in total. The van der Waals surface area contributed by atoms with Crippen LogP contribution in [-0.2, 0) is 25.3 Å². The molecule has 0 unspecified atom stereocenters. The zero-order valence-corrected chi connectivity index (χ0v) is 22.2. The third-order valence-electron chi connectivity index (χ3n) is 5.67. The van der Waals surface area contributed by atoms with E-state index in [-0.39, 0.29) is 0 Å². The Morgan fingerprint density at radius 1 is 0.917 bits per heavy atom. The first-order valence-corrected chi connectivity index (χ1v) is 13.9. The summed E-state index contributed by atoms with van der Waals surface area (Å²) in [5, 5.41) is 13.6. The molecule has 0 aliphatic heterocycles. The molecule has 0 aliphatic rings. The van der Waals surface area contributed by atoms with E-state index in [0.717, 1.165) is 44.4 Å². The number of hydrogen-bond acceptors (Lipinski definition) is 6. The Bertz CT molecular complexity index is 1400. The lowest BCUT2D eigenvalue weighted by molar-refractivity contribution is 0.289. The maximum Gasteiger partial charge on any atom is 0.192 e. The smallest absolute Gasteiger partial charge is 0.192 e. The minimum absolute atomic E-state index is 0.350. The van der Waals surface area contributed by atoms with Crippen molar-refractivity contribution in [3.8, 4) is 16.3 Å². The second kappa shape index (κ2) is 11.7. The van der Waals surface area contributed by atoms with Crippen molar-refractivity contribution in [3.05, 3.63) is 112 Å². The Hall–Kier alpha value is -3.13. The fourth-order valence-corrected chi connectivity index (χ4v) is 5.57. The summed E-state index contributed by atoms with van der Waals surface area (Å²) in [6.45, 7) is 3.17. The Morgan fingerprint density at radius 3 is 2.44 bits per heavy atom. The quantitative estimate of drug-likeness (QED) is 0.174. The van der Waals surface area contributed by atoms with Crippen LogP contribution in [0, 0.1) is 0 Å². The largest absolute Gasteiger partial charge is 0.486 e. The maximum absolute atomic E-state index is 6.05. The summed E-state index contributed by atoms with van der Waals surface area (Å²) < 4.78 is 8.19. The van der Waals surface area contributed by atoms with Crippen LogP contribution in [0.2, 0.25) is 5.02 Å². The first-order chi connectivity index (χ1) is 17.7. The number of hydrogen-bond donors (Lipinski definition) is 0. The molecule has 2 aromatic heterocycles. The normalized spacial score (nSPS) is 11.1. The summed E-state index contributed by atoms with van der Waals surface area (Å²) in [5.74, 6) is 2.32. The van der Waals surface area contributed by atoms with Crippen LogP contribution in [0.15, 0.2) is 89.4 Å². The van der Waals surface area contributed by atoms with Crippen LogP contribution in [-0.4, -0.2) is 19.7 Å². The molecule has 0 spiro atoms. The fraction of sp³-hybridized carbons (Fsp3) is 0.179. The second-order valence-corrected chi connectivity index (χ2v) is 10.4. The number of rotatable bonds is 10. The van der Waals surface area contributed by atoms with E-state index in [1.807, 2.05) is 54.6 Å². The van der Waals surface area contributed by atoms with Gasteiger partial charge in [0, 0.05) is 21.7 Å². The molecule has 5 aromatic rings. The maximum atomic E-state index is 6.05. The van der Waals surface area contributed by atoms with Crippen LogP contribution in [0.4, 0.5) is 0 Å². The highest BCUT2D eigenvalue weighted by molar-refractivity contribution is 7.98. The molecule has 0 atom stereocenters. The summed E-state index contributed by atoms with van der Waals surface area (Å²) in [6, 6.07) is 26.3. The second-order valence-electron chi connectivity index (χ2n) is 8.20. The molecular formula is C28H25ClN4OS2. The number of aromatic nitrogens is 4. The fourth-order valence-electron chi connectivity index (χ4n) is 3.66. The Labute approximate surface area is 224 Å². The Morgan fingerprint density at radius 2 is 1.69 bits per heavy atom. The van der Waals surface area contributed by atoms with E-state index >= 15 is 0 Å². The van der Waals surface area contributed by atoms with Gasteiger partial charge in [-0.05, 0) is 41.8 Å². The third-order valence-corrected chi connectivity index (χ3v) is 7.86. The Balaban J connectivity index is 1.31. The van der Waals surface area contributed by atoms with Gasteiger partial charge in [0.15, 0.2) is 11.0 Å². The van der Waals surface area contributed by atoms with E-state index < -0.39 is 0 Å². The number of benzene rings is 3. The minimum Gasteiger partial charge on any atom is -0.486 e. The lowest BCUT2D eigenvalue weighted by Crippen LogP contribution is -2.09. The molecule has 0 fully saturated rings. The number of halogens is 1. The molecule has 182 valence electrons. The van der Waals surface area contributed by atoms with Crippen molar-refractivity contribution in [2.45, 2.75) is 37.4 Å². The van der Waals surface area contributed by atoms with Gasteiger partial charge in [0.1, 0.15) is 17.4 Å². The molecule has 0 aliphatic carbocycles. The van der Waals surface area contributed by atoms with Gasteiger partial charge in [0.25, 0.3) is 0 Å². The average Bonchev–Trinajstić information content (AvgIpc) is 3.55. The highest BCUT2D eigenvalue weighted by Gasteiger charge is 2.15. The van der Waals surface area contributed by atoms with Crippen LogP contribution in [0.25, 0.3) is 10.6 Å². The van der Waals surface area contributed by atoms with Crippen LogP contribution in [0.1, 0.15) is 29.6 Å². The standard InChI is InChI=1S/C28H25ClN4OS2/c1-2-20-8-14-25(15-9-20)34-17-26-31-32-28(33(26)16-21-6-4-3-5-7-21)36-19-24-18-35-27(30-24)22-10-12-23(29)13-11-22/h3-15,18H,2,16-17,19H2,1H3. The van der Waals surface area contributed by atoms with E-state index in [1.54, 1.807) is 23.1 Å². The summed E-state index contributed by atoms with van der Waals surface area (Å²) in [7, 11) is 0. The molecule has 0 bridgehead atoms. The summed E-state index contributed by atoms with van der Waals surface area (Å²) in [6.07, 6.45) is 1.01. The predicted octanol–water partition coefficient (Wildman–Crippen LogP) is 7.54. The van der Waals surface area contributed by atoms with Crippen molar-refractivity contribution in [1.82, 2.24) is 19.7 Å². The lowest BCUT2D eigenvalue weighted by atomic mass is 10.2. The highest BCUT2D eigenvalue weighted by atomic mass is 35.5. The zero-order valence-electron chi connectivity index (χ0n) is 19.8. The molecule has 3 aromatic carbocycles. The van der Waals surface area contributed by atoms with Crippen molar-refractivity contribution in [1.29, 1.82) is 0 Å². The number of aryl methyl sites for hydroxylation is 1. The van der Waals surface area contributed by atoms with E-state index in [0.29, 0.717) is 18.9 Å². The minimum atomic E-state index is 0.350. The van der Waals surface area contributed by atoms with Crippen LogP contribution >= 0.6 is 34.7 Å². The molecule has 0 saturated carbocycles. The van der Waals surface area contributed by atoms with Gasteiger partial charge in [-0.15, -0.1) is 21.5 Å². The van der Waals surface area contributed by atoms with Crippen molar-refractivity contribution >= 4 is 34.7 Å². The predicted molar refractivity (Wildman–Crippen MR) is 148 cm³/mol. The van der Waals surface area contributed by atoms with Gasteiger partial charge in [-0.25, -0.2) is 4.98 Å². The molecule has 5 nitrogen and oxygen atoms in total. The SMILES string of the molecule is CCc1ccc(OCc2nnc(SCc3csc(-c4ccc(Cl)cc4)n3)n2Cc2ccccc2)cc1. The molecule has 2 heterocycles. The van der Waals surface area contributed by atoms with Crippen molar-refractivity contribution in [3.63, 3.8) is 0 Å². The summed E-state index contributed by atoms with van der Waals surface area (Å²) in [4.78, 5) is 4.81. The van der Waals surface area contributed by atoms with Crippen LogP contribution in [0.5, 0.6) is 5.75 Å². The van der Waals surface area contributed by atoms with Gasteiger partial charge in [0.2, 0.25) is 0 Å². The molecule has 36 heavy (non-hydrogen) atoms. The first kappa shape index (κ1) is 24.6. The highest BCUT2D eigenvalue weighted by Crippen LogP contribution is 2.29. The van der Waals surface area contributed by atoms with Crippen molar-refractivity contribution in [2.24, 2.45) is 0 Å². The molecule has 0 saturated heterocycles. The van der Waals surface area contributed by atoms with E-state index in [2.05, 4.69) is 51.3 Å². The molecular weight excluding hydrogens is 508 g/mol. The van der Waals surface area contributed by atoms with E-state index in [1.165, 1.54) is 11.1 Å². The van der Waals surface area contributed by atoms with Crippen molar-refractivity contribution in [2.75, 3.05) is 0 Å². The van der Waals surface area contributed by atoms with E-state index in [9.17, 15) is 0 Å². The Kier molecular flexibility index (Phi) is 8.01. The number of thioether (sulfide) groups is 1. The van der Waals surface area contributed by atoms with Crippen LogP contribution < -0.4 is 4.74 Å². The summed E-state index contributed by atoms with van der Waals surface area (Å²) in [5.41, 5.74) is 4.55. The molecule has 0 amide bonds. The van der Waals surface area contributed by atoms with Gasteiger partial charge in [0.05, 0.1) is 12.2 Å². The van der Waals surface area contributed by atoms with Crippen molar-refractivity contribution < 1.29 is 4.74 Å². The van der Waals surface area contributed by atoms with Gasteiger partial charge in [-0.3, -0.25) is 4.57 Å². The topological polar surface area (TPSA) is 52.8 Å². The molecule has 5 rings (SSSR count). The number of thiazole rings is 1. The monoisotopic (exact) mass is 532 g/mol. The van der Waals surface area contributed by atoms with Gasteiger partial charge in [-0.2, -0.15) is 0 Å². The zero-order chi connectivity index (χ0) is 24.7. The summed E-state index contributed by atoms with van der Waals surface area (Å²) >= 11 is 9.29. The van der Waals surface area contributed by atoms with Gasteiger partial charge >= 0.3 is 0 Å². The molecule has 0 radical (unpaired) electrons. The van der Waals surface area contributed by atoms with Gasteiger partial charge in [-0.1, -0.05) is 84.9 Å². The number of ether oxygens (including phenoxy) is 1. The number of nitrogens with zero attached hydrogens (tertiary/aromatic N) is 4. The average molecular weight is 533 g/mol. The first-order valence-electron chi connectivity index (χ1n) is 11.7. The third kappa shape index (κ3) is 6.16. The lowest BCUT2D eigenvalue weighted by Gasteiger charge is -2.11. The van der Waals surface area contributed by atoms with E-state index in [4.69, 9.17) is 21.3 Å². The molecule has 8 heteroatoms. The van der Waals surface area contributed by atoms with Gasteiger partial charge < -0.3 is 4.74 Å².